The predicted molar refractivity (Wildman–Crippen MR) is 163 cm³/mol. The molecule has 1 aliphatic heterocycles. The van der Waals surface area contributed by atoms with E-state index in [0.717, 1.165) is 32.1 Å². The van der Waals surface area contributed by atoms with Gasteiger partial charge in [0.2, 0.25) is 5.91 Å². The van der Waals surface area contributed by atoms with Crippen molar-refractivity contribution in [1.82, 2.24) is 10.6 Å². The minimum absolute atomic E-state index is 0.00145. The number of aliphatic hydroxyl groups excluding tert-OH is 1. The lowest BCUT2D eigenvalue weighted by Gasteiger charge is -2.18. The van der Waals surface area contributed by atoms with Crippen molar-refractivity contribution in [2.24, 2.45) is 0 Å². The molecule has 4 rings (SSSR count). The van der Waals surface area contributed by atoms with Crippen LogP contribution < -0.4 is 10.6 Å². The summed E-state index contributed by atoms with van der Waals surface area (Å²) < 4.78 is 26.3. The summed E-state index contributed by atoms with van der Waals surface area (Å²) in [5.41, 5.74) is 1.59. The van der Waals surface area contributed by atoms with Crippen LogP contribution in [0.25, 0.3) is 0 Å². The van der Waals surface area contributed by atoms with Crippen LogP contribution in [-0.4, -0.2) is 78.2 Å². The summed E-state index contributed by atoms with van der Waals surface area (Å²) in [4.78, 5) is 59.1. The number of benzene rings is 2. The highest BCUT2D eigenvalue weighted by atomic mass is 31.1. The van der Waals surface area contributed by atoms with E-state index in [9.17, 15) is 28.8 Å². The number of nitrogens with one attached hydrogen (secondary N) is 2. The topological polar surface area (TPSA) is 178 Å². The summed E-state index contributed by atoms with van der Waals surface area (Å²) in [6.07, 6.45) is 4.36. The quantitative estimate of drug-likeness (QED) is 0.118. The van der Waals surface area contributed by atoms with Crippen molar-refractivity contribution in [1.29, 1.82) is 0 Å². The first kappa shape index (κ1) is 34.5. The van der Waals surface area contributed by atoms with Gasteiger partial charge >= 0.3 is 8.25 Å². The van der Waals surface area contributed by atoms with Crippen LogP contribution in [0.4, 0.5) is 0 Å². The van der Waals surface area contributed by atoms with Crippen LogP contribution in [0.1, 0.15) is 100.0 Å². The van der Waals surface area contributed by atoms with E-state index in [-0.39, 0.29) is 42.0 Å². The minimum atomic E-state index is -2.73. The molecule has 0 bridgehead atoms. The molecule has 2 aliphatic rings. The average Bonchev–Trinajstić information content (AvgIpc) is 3.40. The maximum Gasteiger partial charge on any atom is 0.694 e. The fraction of sp³-hybridized carbons (Fsp3) is 0.500. The number of ketones is 2. The zero-order chi connectivity index (χ0) is 32.2. The number of amides is 2. The molecule has 1 fully saturated rings. The zero-order valence-corrected chi connectivity index (χ0v) is 26.0. The van der Waals surface area contributed by atoms with Gasteiger partial charge in [-0.15, -0.1) is 9.42 Å². The van der Waals surface area contributed by atoms with Gasteiger partial charge < -0.3 is 25.2 Å². The van der Waals surface area contributed by atoms with Crippen molar-refractivity contribution in [3.05, 3.63) is 70.3 Å². The second-order valence-corrected chi connectivity index (χ2v) is 11.8. The third kappa shape index (κ3) is 10.1. The maximum absolute atomic E-state index is 12.9. The van der Waals surface area contributed by atoms with Gasteiger partial charge in [0, 0.05) is 64.9 Å². The molecule has 12 nitrogen and oxygen atoms in total. The molecule has 242 valence electrons. The SMILES string of the molecule is O=C(CCCCCNC(=O)c1ccc2c(c1)C(=O)c1ccccc1C2=O)NCCCCCCOC1CC(O)C(CO[P+](=O)O)O1. The fourth-order valence-corrected chi connectivity index (χ4v) is 5.60. The molecule has 13 heteroatoms. The average molecular weight is 644 g/mol. The Bertz CT molecular complexity index is 1380. The third-order valence-corrected chi connectivity index (χ3v) is 8.16. The lowest BCUT2D eigenvalue weighted by Crippen LogP contribution is -2.26. The van der Waals surface area contributed by atoms with Gasteiger partial charge in [-0.3, -0.25) is 19.2 Å². The number of rotatable bonds is 18. The summed E-state index contributed by atoms with van der Waals surface area (Å²) in [5, 5.41) is 15.7. The van der Waals surface area contributed by atoms with E-state index in [0.29, 0.717) is 61.2 Å². The van der Waals surface area contributed by atoms with Gasteiger partial charge in [0.1, 0.15) is 12.7 Å². The molecule has 1 saturated heterocycles. The van der Waals surface area contributed by atoms with Gasteiger partial charge in [0.25, 0.3) is 5.91 Å². The summed E-state index contributed by atoms with van der Waals surface area (Å²) >= 11 is 0. The number of hydrogen-bond acceptors (Lipinski definition) is 9. The number of ether oxygens (including phenoxy) is 2. The van der Waals surface area contributed by atoms with E-state index in [4.69, 9.17) is 14.4 Å². The van der Waals surface area contributed by atoms with E-state index in [1.54, 1.807) is 30.3 Å². The molecule has 2 amide bonds. The largest absolute Gasteiger partial charge is 0.694 e. The van der Waals surface area contributed by atoms with Crippen LogP contribution in [0.15, 0.2) is 42.5 Å². The monoisotopic (exact) mass is 643 g/mol. The Balaban J connectivity index is 0.995. The Labute approximate surface area is 262 Å². The summed E-state index contributed by atoms with van der Waals surface area (Å²) in [5.74, 6) is -0.803. The summed E-state index contributed by atoms with van der Waals surface area (Å²) in [7, 11) is -2.73. The molecule has 0 saturated carbocycles. The van der Waals surface area contributed by atoms with Gasteiger partial charge in [-0.2, -0.15) is 0 Å². The maximum atomic E-state index is 12.9. The number of carbonyl (C=O) groups is 4. The molecule has 4 atom stereocenters. The van der Waals surface area contributed by atoms with Gasteiger partial charge in [-0.25, -0.2) is 0 Å². The van der Waals surface area contributed by atoms with Crippen LogP contribution in [0.3, 0.4) is 0 Å². The molecule has 1 heterocycles. The molecule has 4 unspecified atom stereocenters. The van der Waals surface area contributed by atoms with E-state index in [1.165, 1.54) is 12.1 Å². The summed E-state index contributed by atoms with van der Waals surface area (Å²) in [6, 6.07) is 11.3. The molecule has 0 radical (unpaired) electrons. The van der Waals surface area contributed by atoms with Gasteiger partial charge in [-0.1, -0.05) is 43.5 Å². The number of carbonyl (C=O) groups excluding carboxylic acids is 4. The second-order valence-electron chi connectivity index (χ2n) is 11.1. The molecule has 1 aliphatic carbocycles. The van der Waals surface area contributed by atoms with Crippen molar-refractivity contribution >= 4 is 31.6 Å². The zero-order valence-electron chi connectivity index (χ0n) is 25.1. The number of hydrogen-bond donors (Lipinski definition) is 4. The standard InChI is InChI=1S/C32H39N2O10P/c35-26-19-29(44-27(26)20-43-45(40)41)42-17-9-2-1-7-15-33-28(36)12-4-3-8-16-34-32(39)21-13-14-24-25(18-21)31(38)23-11-6-5-10-22(23)30(24)37/h5-6,10-11,13-14,18,26-27,29,35H,1-4,7-9,12,15-17,19-20H2,(H2-,33,34,36,39,40,41)/p+1. The molecule has 2 aromatic rings. The molecule has 0 aromatic heterocycles. The second kappa shape index (κ2) is 17.4. The van der Waals surface area contributed by atoms with Crippen molar-refractivity contribution in [3.8, 4) is 0 Å². The minimum Gasteiger partial charge on any atom is -0.390 e. The first-order valence-electron chi connectivity index (χ1n) is 15.4. The van der Waals surface area contributed by atoms with Crippen LogP contribution in [0.2, 0.25) is 0 Å². The Kier molecular flexibility index (Phi) is 13.3. The predicted octanol–water partition coefficient (Wildman–Crippen LogP) is 3.59. The molecule has 45 heavy (non-hydrogen) atoms. The molecule has 2 aromatic carbocycles. The fourth-order valence-electron chi connectivity index (χ4n) is 5.33. The number of aliphatic hydroxyl groups is 1. The number of fused-ring (bicyclic) bond motifs is 2. The van der Waals surface area contributed by atoms with Crippen LogP contribution in [-0.2, 0) is 23.4 Å². The van der Waals surface area contributed by atoms with Crippen molar-refractivity contribution in [2.75, 3.05) is 26.3 Å². The van der Waals surface area contributed by atoms with Crippen LogP contribution in [0, 0.1) is 0 Å². The molecule has 4 N–H and O–H groups in total. The van der Waals surface area contributed by atoms with Gasteiger partial charge in [-0.05, 0) is 43.9 Å². The summed E-state index contributed by atoms with van der Waals surface area (Å²) in [6.45, 7) is 1.34. The number of unbranched alkanes of at least 4 members (excludes halogenated alkanes) is 5. The van der Waals surface area contributed by atoms with E-state index >= 15 is 0 Å². The lowest BCUT2D eigenvalue weighted by molar-refractivity contribution is -0.142. The van der Waals surface area contributed by atoms with Gasteiger partial charge in [0.15, 0.2) is 17.9 Å². The van der Waals surface area contributed by atoms with Crippen LogP contribution >= 0.6 is 8.25 Å². The first-order valence-corrected chi connectivity index (χ1v) is 16.5. The molecule has 0 spiro atoms. The Morgan fingerprint density at radius 3 is 2.24 bits per heavy atom. The normalized spacial score (nSPS) is 19.2. The van der Waals surface area contributed by atoms with Crippen molar-refractivity contribution in [2.45, 2.75) is 76.3 Å². The highest BCUT2D eigenvalue weighted by molar-refractivity contribution is 7.32. The van der Waals surface area contributed by atoms with E-state index in [2.05, 4.69) is 15.2 Å². The lowest BCUT2D eigenvalue weighted by atomic mass is 9.83. The van der Waals surface area contributed by atoms with Crippen molar-refractivity contribution in [3.63, 3.8) is 0 Å². The van der Waals surface area contributed by atoms with Crippen molar-refractivity contribution < 1.29 is 47.7 Å². The highest BCUT2D eigenvalue weighted by Crippen LogP contribution is 2.28. The third-order valence-electron chi connectivity index (χ3n) is 7.79. The first-order chi connectivity index (χ1) is 21.7. The Hall–Kier alpha value is -3.38. The Morgan fingerprint density at radius 1 is 0.867 bits per heavy atom. The van der Waals surface area contributed by atoms with Crippen LogP contribution in [0.5, 0.6) is 0 Å². The smallest absolute Gasteiger partial charge is 0.390 e. The van der Waals surface area contributed by atoms with Gasteiger partial charge in [0.05, 0.1) is 6.10 Å². The Morgan fingerprint density at radius 2 is 1.51 bits per heavy atom. The van der Waals surface area contributed by atoms with E-state index < -0.39 is 26.8 Å². The molecular weight excluding hydrogens is 603 g/mol. The molecular formula is C32H40N2O10P+. The highest BCUT2D eigenvalue weighted by Gasteiger charge is 2.36. The van der Waals surface area contributed by atoms with E-state index in [1.807, 2.05) is 0 Å².